The summed E-state index contributed by atoms with van der Waals surface area (Å²) in [6.45, 7) is 5.69. The number of benzene rings is 1. The Balaban J connectivity index is 1.12. The van der Waals surface area contributed by atoms with Gasteiger partial charge >= 0.3 is 0 Å². The third-order valence-corrected chi connectivity index (χ3v) is 7.15. The van der Waals surface area contributed by atoms with Gasteiger partial charge in [0.2, 0.25) is 5.82 Å². The minimum Gasteiger partial charge on any atom is -0.507 e. The monoisotopic (exact) mass is 575 g/mol. The summed E-state index contributed by atoms with van der Waals surface area (Å²) < 4.78 is 1.54. The first kappa shape index (κ1) is 27.4. The van der Waals surface area contributed by atoms with Crippen LogP contribution in [0.1, 0.15) is 30.2 Å². The van der Waals surface area contributed by atoms with E-state index in [1.165, 1.54) is 4.52 Å². The van der Waals surface area contributed by atoms with Gasteiger partial charge in [-0.1, -0.05) is 18.1 Å². The summed E-state index contributed by atoms with van der Waals surface area (Å²) in [5.74, 6) is 7.09. The summed E-state index contributed by atoms with van der Waals surface area (Å²) in [4.78, 5) is 30.0. The first-order chi connectivity index (χ1) is 20.9. The molecule has 0 spiro atoms. The molecule has 216 valence electrons. The summed E-state index contributed by atoms with van der Waals surface area (Å²) in [6, 6.07) is 14.2. The summed E-state index contributed by atoms with van der Waals surface area (Å²) in [5, 5.41) is 25.7. The average molecular weight is 576 g/mol. The zero-order chi connectivity index (χ0) is 29.9. The first-order valence-electron chi connectivity index (χ1n) is 13.7. The van der Waals surface area contributed by atoms with Gasteiger partial charge in [-0.2, -0.15) is 5.10 Å². The number of phenolic OH excluding ortho intramolecular Hbond substituents is 1. The number of piperazine rings is 1. The molecule has 0 radical (unpaired) electrons. The summed E-state index contributed by atoms with van der Waals surface area (Å²) in [6.07, 6.45) is 5.05. The lowest BCUT2D eigenvalue weighted by molar-refractivity contribution is 0.0953. The van der Waals surface area contributed by atoms with E-state index in [0.29, 0.717) is 41.6 Å². The van der Waals surface area contributed by atoms with Crippen LogP contribution in [0.2, 0.25) is 0 Å². The molecule has 0 saturated carbocycles. The van der Waals surface area contributed by atoms with Crippen LogP contribution in [-0.2, 0) is 0 Å². The van der Waals surface area contributed by atoms with Crippen molar-refractivity contribution >= 4 is 28.9 Å². The molecule has 2 atom stereocenters. The second-order valence-electron chi connectivity index (χ2n) is 10.2. The Labute approximate surface area is 247 Å². The molecule has 1 saturated heterocycles. The van der Waals surface area contributed by atoms with Crippen molar-refractivity contribution in [2.24, 2.45) is 0 Å². The van der Waals surface area contributed by atoms with Gasteiger partial charge in [0.05, 0.1) is 17.9 Å². The normalized spacial score (nSPS) is 16.5. The Bertz CT molecular complexity index is 1820. The van der Waals surface area contributed by atoms with Crippen molar-refractivity contribution in [3.63, 3.8) is 0 Å². The highest BCUT2D eigenvalue weighted by Crippen LogP contribution is 2.34. The zero-order valence-electron chi connectivity index (χ0n) is 23.6. The number of carbonyl (C=O) groups is 1. The predicted molar refractivity (Wildman–Crippen MR) is 161 cm³/mol. The Kier molecular flexibility index (Phi) is 7.40. The van der Waals surface area contributed by atoms with Crippen molar-refractivity contribution < 1.29 is 9.90 Å². The average Bonchev–Trinajstić information content (AvgIpc) is 3.45. The second-order valence-corrected chi connectivity index (χ2v) is 10.2. The predicted octanol–water partition coefficient (Wildman–Crippen LogP) is 2.15. The van der Waals surface area contributed by atoms with E-state index in [0.717, 1.165) is 11.5 Å². The van der Waals surface area contributed by atoms with Crippen LogP contribution in [-0.4, -0.2) is 77.5 Å². The van der Waals surface area contributed by atoms with E-state index in [-0.39, 0.29) is 36.0 Å². The maximum absolute atomic E-state index is 12.5. The molecule has 4 N–H and O–H groups in total. The summed E-state index contributed by atoms with van der Waals surface area (Å²) in [5.41, 5.74) is 9.06. The molecule has 1 aliphatic rings. The number of hydrogen-bond acceptors (Lipinski definition) is 11. The maximum Gasteiger partial charge on any atom is 0.272 e. The van der Waals surface area contributed by atoms with E-state index in [9.17, 15) is 9.90 Å². The maximum atomic E-state index is 12.5. The van der Waals surface area contributed by atoms with Crippen LogP contribution in [0.15, 0.2) is 67.1 Å². The molecule has 1 amide bonds. The van der Waals surface area contributed by atoms with E-state index in [1.807, 2.05) is 18.2 Å². The molecule has 4 aromatic heterocycles. The lowest BCUT2D eigenvalue weighted by Crippen LogP contribution is -2.57. The SMILES string of the molecule is C[C@H]1CN(c2ccnc(C#CCNC(=O)c3cc4ncccn4n3)n2)C[C@H](C)N1c1cc(-c2ccccc2O)nnc1N. The number of phenols is 1. The lowest BCUT2D eigenvalue weighted by Gasteiger charge is -2.46. The third kappa shape index (κ3) is 5.71. The van der Waals surface area contributed by atoms with Crippen molar-refractivity contribution in [1.29, 1.82) is 0 Å². The number of aromatic hydroxyl groups is 1. The third-order valence-electron chi connectivity index (χ3n) is 7.15. The van der Waals surface area contributed by atoms with Crippen LogP contribution in [0.4, 0.5) is 17.3 Å². The molecule has 1 fully saturated rings. The number of nitrogen functional groups attached to an aromatic ring is 1. The quantitative estimate of drug-likeness (QED) is 0.263. The van der Waals surface area contributed by atoms with Gasteiger partial charge in [0.15, 0.2) is 17.2 Å². The van der Waals surface area contributed by atoms with Crippen LogP contribution < -0.4 is 20.9 Å². The van der Waals surface area contributed by atoms with Gasteiger partial charge < -0.3 is 26.0 Å². The number of nitrogens with one attached hydrogen (secondary N) is 1. The molecule has 0 unspecified atom stereocenters. The number of carbonyl (C=O) groups excluding carboxylic acids is 1. The molecule has 13 heteroatoms. The van der Waals surface area contributed by atoms with E-state index < -0.39 is 0 Å². The number of rotatable bonds is 5. The van der Waals surface area contributed by atoms with Gasteiger partial charge in [-0.25, -0.2) is 19.5 Å². The van der Waals surface area contributed by atoms with Crippen molar-refractivity contribution in [1.82, 2.24) is 40.1 Å². The fraction of sp³-hybridized carbons (Fsp3) is 0.233. The van der Waals surface area contributed by atoms with Gasteiger partial charge in [0.1, 0.15) is 11.6 Å². The van der Waals surface area contributed by atoms with Crippen LogP contribution in [0, 0.1) is 11.8 Å². The number of para-hydroxylation sites is 1. The van der Waals surface area contributed by atoms with Gasteiger partial charge in [-0.15, -0.1) is 10.2 Å². The van der Waals surface area contributed by atoms with Gasteiger partial charge in [0.25, 0.3) is 5.91 Å². The standard InChI is InChI=1S/C30H29N11O2/c1-19-17-39(18-20(2)41(19)24-15-22(36-37-29(24)31)21-7-3-4-8-25(21)42)27-10-13-32-26(35-27)9-5-11-34-30(43)23-16-28-33-12-6-14-40(28)38-23/h3-4,6-8,10,12-16,19-20,42H,11,17-18H2,1-2H3,(H2,31,37)(H,34,43)/t19-,20-/m0/s1. The molecule has 1 aliphatic heterocycles. The highest BCUT2D eigenvalue weighted by molar-refractivity contribution is 5.93. The van der Waals surface area contributed by atoms with Crippen molar-refractivity contribution in [3.8, 4) is 28.8 Å². The van der Waals surface area contributed by atoms with Crippen LogP contribution in [0.5, 0.6) is 5.75 Å². The number of nitrogens with zero attached hydrogens (tertiary/aromatic N) is 9. The smallest absolute Gasteiger partial charge is 0.272 e. The summed E-state index contributed by atoms with van der Waals surface area (Å²) in [7, 11) is 0. The van der Waals surface area contributed by atoms with Crippen molar-refractivity contribution in [3.05, 3.63) is 78.6 Å². The Hall–Kier alpha value is -5.77. The van der Waals surface area contributed by atoms with E-state index in [1.54, 1.807) is 48.9 Å². The highest BCUT2D eigenvalue weighted by atomic mass is 16.3. The van der Waals surface area contributed by atoms with Gasteiger partial charge in [-0.3, -0.25) is 4.79 Å². The molecule has 1 aromatic carbocycles. The number of anilines is 3. The van der Waals surface area contributed by atoms with Crippen LogP contribution >= 0.6 is 0 Å². The number of fused-ring (bicyclic) bond motifs is 1. The number of hydrogen-bond donors (Lipinski definition) is 3. The van der Waals surface area contributed by atoms with E-state index in [2.05, 4.69) is 71.1 Å². The highest BCUT2D eigenvalue weighted by Gasteiger charge is 2.32. The van der Waals surface area contributed by atoms with E-state index in [4.69, 9.17) is 5.73 Å². The molecule has 0 aliphatic carbocycles. The lowest BCUT2D eigenvalue weighted by atomic mass is 10.0. The van der Waals surface area contributed by atoms with Crippen LogP contribution in [0.3, 0.4) is 0 Å². The summed E-state index contributed by atoms with van der Waals surface area (Å²) >= 11 is 0. The molecule has 0 bridgehead atoms. The molecule has 6 rings (SSSR count). The van der Waals surface area contributed by atoms with Crippen molar-refractivity contribution in [2.45, 2.75) is 25.9 Å². The molecule has 43 heavy (non-hydrogen) atoms. The molecular formula is C30H29N11O2. The molecule has 5 heterocycles. The molecule has 13 nitrogen and oxygen atoms in total. The second kappa shape index (κ2) is 11.6. The van der Waals surface area contributed by atoms with Gasteiger partial charge in [-0.05, 0) is 50.1 Å². The largest absolute Gasteiger partial charge is 0.507 e. The fourth-order valence-corrected chi connectivity index (χ4v) is 5.27. The Morgan fingerprint density at radius 3 is 2.67 bits per heavy atom. The Morgan fingerprint density at radius 2 is 1.88 bits per heavy atom. The number of nitrogens with two attached hydrogens (primary N) is 1. The van der Waals surface area contributed by atoms with E-state index >= 15 is 0 Å². The minimum absolute atomic E-state index is 0.0574. The van der Waals surface area contributed by atoms with Crippen molar-refractivity contribution in [2.75, 3.05) is 35.2 Å². The fourth-order valence-electron chi connectivity index (χ4n) is 5.27. The Morgan fingerprint density at radius 1 is 1.07 bits per heavy atom. The number of aromatic nitrogens is 7. The molecule has 5 aromatic rings. The van der Waals surface area contributed by atoms with Crippen LogP contribution in [0.25, 0.3) is 16.9 Å². The zero-order valence-corrected chi connectivity index (χ0v) is 23.6. The number of amides is 1. The molecular weight excluding hydrogens is 546 g/mol. The minimum atomic E-state index is -0.340. The van der Waals surface area contributed by atoms with Gasteiger partial charge in [0, 0.05) is 55.4 Å². The first-order valence-corrected chi connectivity index (χ1v) is 13.7. The topological polar surface area (TPSA) is 164 Å².